The summed E-state index contributed by atoms with van der Waals surface area (Å²) < 4.78 is 0. The van der Waals surface area contributed by atoms with E-state index in [0.29, 0.717) is 11.6 Å². The van der Waals surface area contributed by atoms with Crippen LogP contribution in [0.1, 0.15) is 5.82 Å². The Balaban J connectivity index is 2.31. The van der Waals surface area contributed by atoms with E-state index < -0.39 is 0 Å². The summed E-state index contributed by atoms with van der Waals surface area (Å²) in [4.78, 5) is 16.8. The Bertz CT molecular complexity index is 698. The van der Waals surface area contributed by atoms with Crippen molar-refractivity contribution in [1.29, 1.82) is 0 Å². The molecule has 3 aromatic rings. The van der Waals surface area contributed by atoms with Crippen LogP contribution in [-0.4, -0.2) is 19.9 Å². The minimum Gasteiger partial charge on any atom is -0.368 e. The molecule has 0 spiro atoms. The second-order valence-electron chi connectivity index (χ2n) is 3.95. The first-order valence-corrected chi connectivity index (χ1v) is 5.56. The van der Waals surface area contributed by atoms with Crippen molar-refractivity contribution in [2.45, 2.75) is 6.92 Å². The Hall–Kier alpha value is -2.56. The van der Waals surface area contributed by atoms with Crippen LogP contribution in [0.2, 0.25) is 0 Å². The number of aryl methyl sites for hydroxylation is 1. The van der Waals surface area contributed by atoms with Gasteiger partial charge in [-0.3, -0.25) is 4.98 Å². The van der Waals surface area contributed by atoms with Crippen LogP contribution in [0.15, 0.2) is 36.5 Å². The maximum Gasteiger partial charge on any atom is 0.223 e. The molecule has 0 saturated heterocycles. The molecular weight excluding hydrogens is 226 g/mol. The number of hydrogen-bond acceptors (Lipinski definition) is 5. The molecule has 88 valence electrons. The van der Waals surface area contributed by atoms with Crippen LogP contribution in [0, 0.1) is 6.92 Å². The van der Waals surface area contributed by atoms with Crippen LogP contribution < -0.4 is 5.73 Å². The van der Waals surface area contributed by atoms with Gasteiger partial charge < -0.3 is 5.73 Å². The van der Waals surface area contributed by atoms with Crippen molar-refractivity contribution in [3.63, 3.8) is 0 Å². The summed E-state index contributed by atoms with van der Waals surface area (Å²) in [7, 11) is 0. The van der Waals surface area contributed by atoms with Crippen molar-refractivity contribution in [2.75, 3.05) is 5.73 Å². The third-order valence-corrected chi connectivity index (χ3v) is 2.65. The highest BCUT2D eigenvalue weighted by Crippen LogP contribution is 2.23. The van der Waals surface area contributed by atoms with E-state index in [1.54, 1.807) is 13.1 Å². The summed E-state index contributed by atoms with van der Waals surface area (Å²) in [5, 5.41) is 2.10. The average Bonchev–Trinajstić information content (AvgIpc) is 2.37. The van der Waals surface area contributed by atoms with Crippen LogP contribution in [0.3, 0.4) is 0 Å². The number of fused-ring (bicyclic) bond motifs is 1. The molecule has 0 bridgehead atoms. The highest BCUT2D eigenvalue weighted by atomic mass is 15.1. The number of pyridine rings is 1. The fraction of sp³-hybridized carbons (Fsp3) is 0.0769. The molecule has 1 aromatic carbocycles. The minimum absolute atomic E-state index is 0.215. The minimum atomic E-state index is 0.215. The van der Waals surface area contributed by atoms with Gasteiger partial charge in [0.2, 0.25) is 5.95 Å². The summed E-state index contributed by atoms with van der Waals surface area (Å²) in [6.45, 7) is 1.78. The normalized spacial score (nSPS) is 10.7. The van der Waals surface area contributed by atoms with Gasteiger partial charge in [-0.2, -0.15) is 9.97 Å². The molecule has 0 aliphatic carbocycles. The van der Waals surface area contributed by atoms with Gasteiger partial charge in [0, 0.05) is 11.6 Å². The molecule has 18 heavy (non-hydrogen) atoms. The van der Waals surface area contributed by atoms with Crippen LogP contribution in [0.5, 0.6) is 0 Å². The van der Waals surface area contributed by atoms with E-state index in [0.717, 1.165) is 16.5 Å². The highest BCUT2D eigenvalue weighted by Gasteiger charge is 2.09. The van der Waals surface area contributed by atoms with Crippen molar-refractivity contribution >= 4 is 16.7 Å². The third kappa shape index (κ3) is 1.75. The molecule has 0 unspecified atom stereocenters. The number of nitrogens with two attached hydrogens (primary N) is 1. The Morgan fingerprint density at radius 1 is 1.00 bits per heavy atom. The number of nitrogens with zero attached hydrogens (tertiary/aromatic N) is 4. The molecule has 0 amide bonds. The van der Waals surface area contributed by atoms with Gasteiger partial charge in [0.1, 0.15) is 11.5 Å². The van der Waals surface area contributed by atoms with Crippen LogP contribution >= 0.6 is 0 Å². The largest absolute Gasteiger partial charge is 0.368 e. The Morgan fingerprint density at radius 3 is 2.67 bits per heavy atom. The molecule has 0 aliphatic rings. The lowest BCUT2D eigenvalue weighted by molar-refractivity contribution is 0.990. The number of benzene rings is 1. The molecule has 5 heteroatoms. The zero-order valence-corrected chi connectivity index (χ0v) is 9.83. The van der Waals surface area contributed by atoms with E-state index in [9.17, 15) is 0 Å². The molecule has 2 aromatic heterocycles. The lowest BCUT2D eigenvalue weighted by Gasteiger charge is -2.05. The predicted octanol–water partition coefficient (Wildman–Crippen LogP) is 1.98. The van der Waals surface area contributed by atoms with Gasteiger partial charge >= 0.3 is 0 Å². The third-order valence-electron chi connectivity index (χ3n) is 2.65. The second-order valence-corrected chi connectivity index (χ2v) is 3.95. The summed E-state index contributed by atoms with van der Waals surface area (Å²) in [5.41, 5.74) is 6.38. The number of aromatic nitrogens is 4. The fourth-order valence-electron chi connectivity index (χ4n) is 1.91. The quantitative estimate of drug-likeness (QED) is 0.700. The molecule has 0 fully saturated rings. The van der Waals surface area contributed by atoms with Crippen molar-refractivity contribution in [2.24, 2.45) is 0 Å². The van der Waals surface area contributed by atoms with Gasteiger partial charge in [-0.05, 0) is 18.4 Å². The predicted molar refractivity (Wildman–Crippen MR) is 69.7 cm³/mol. The number of anilines is 1. The first-order chi connectivity index (χ1) is 8.74. The number of hydrogen-bond donors (Lipinski definition) is 1. The molecule has 3 rings (SSSR count). The van der Waals surface area contributed by atoms with Crippen molar-refractivity contribution < 1.29 is 0 Å². The maximum absolute atomic E-state index is 5.65. The first kappa shape index (κ1) is 10.6. The molecule has 0 radical (unpaired) electrons. The molecule has 0 aliphatic heterocycles. The van der Waals surface area contributed by atoms with Gasteiger partial charge in [-0.1, -0.05) is 24.3 Å². The average molecular weight is 237 g/mol. The molecule has 0 atom stereocenters. The van der Waals surface area contributed by atoms with Crippen molar-refractivity contribution in [1.82, 2.24) is 19.9 Å². The van der Waals surface area contributed by atoms with E-state index in [4.69, 9.17) is 5.73 Å². The monoisotopic (exact) mass is 237 g/mol. The lowest BCUT2D eigenvalue weighted by atomic mass is 10.1. The molecule has 0 saturated carbocycles. The molecular formula is C13H11N5. The molecule has 5 nitrogen and oxygen atoms in total. The maximum atomic E-state index is 5.65. The van der Waals surface area contributed by atoms with E-state index in [2.05, 4.69) is 19.9 Å². The van der Waals surface area contributed by atoms with E-state index >= 15 is 0 Å². The number of rotatable bonds is 1. The molecule has 2 heterocycles. The van der Waals surface area contributed by atoms with E-state index in [-0.39, 0.29) is 5.95 Å². The lowest BCUT2D eigenvalue weighted by Crippen LogP contribution is -2.03. The van der Waals surface area contributed by atoms with Crippen LogP contribution in [-0.2, 0) is 0 Å². The van der Waals surface area contributed by atoms with Crippen LogP contribution in [0.25, 0.3) is 22.3 Å². The zero-order chi connectivity index (χ0) is 12.5. The SMILES string of the molecule is Cc1nc(N)nc(-c2nccc3ccccc23)n1. The van der Waals surface area contributed by atoms with Crippen molar-refractivity contribution in [3.05, 3.63) is 42.4 Å². The summed E-state index contributed by atoms with van der Waals surface area (Å²) >= 11 is 0. The van der Waals surface area contributed by atoms with Gasteiger partial charge in [0.25, 0.3) is 0 Å². The Kier molecular flexibility index (Phi) is 2.37. The Labute approximate surface area is 104 Å². The van der Waals surface area contributed by atoms with Gasteiger partial charge in [-0.25, -0.2) is 4.98 Å². The number of nitrogen functional groups attached to an aromatic ring is 1. The fourth-order valence-corrected chi connectivity index (χ4v) is 1.91. The summed E-state index contributed by atoms with van der Waals surface area (Å²) in [6, 6.07) is 9.92. The first-order valence-electron chi connectivity index (χ1n) is 5.56. The van der Waals surface area contributed by atoms with Gasteiger partial charge in [-0.15, -0.1) is 0 Å². The highest BCUT2D eigenvalue weighted by molar-refractivity contribution is 5.92. The topological polar surface area (TPSA) is 77.6 Å². The standard InChI is InChI=1S/C13H11N5/c1-8-16-12(18-13(14)17-8)11-10-5-3-2-4-9(10)6-7-15-11/h2-7H,1H3,(H2,14,16,17,18). The van der Waals surface area contributed by atoms with E-state index in [1.165, 1.54) is 0 Å². The second kappa shape index (κ2) is 4.03. The smallest absolute Gasteiger partial charge is 0.223 e. The summed E-state index contributed by atoms with van der Waals surface area (Å²) in [5.74, 6) is 1.32. The summed E-state index contributed by atoms with van der Waals surface area (Å²) in [6.07, 6.45) is 1.74. The molecule has 2 N–H and O–H groups in total. The van der Waals surface area contributed by atoms with Crippen LogP contribution in [0.4, 0.5) is 5.95 Å². The van der Waals surface area contributed by atoms with Gasteiger partial charge in [0.05, 0.1) is 0 Å². The Morgan fingerprint density at radius 2 is 1.83 bits per heavy atom. The van der Waals surface area contributed by atoms with E-state index in [1.807, 2.05) is 30.3 Å². The van der Waals surface area contributed by atoms with Crippen molar-refractivity contribution in [3.8, 4) is 11.5 Å². The van der Waals surface area contributed by atoms with Gasteiger partial charge in [0.15, 0.2) is 5.82 Å². The zero-order valence-electron chi connectivity index (χ0n) is 9.83.